The summed E-state index contributed by atoms with van der Waals surface area (Å²) >= 11 is 1.63. The summed E-state index contributed by atoms with van der Waals surface area (Å²) in [4.78, 5) is 15.7. The van der Waals surface area contributed by atoms with Crippen LogP contribution in [0, 0.1) is 13.8 Å². The molecular formula is C19H20N4OS. The third-order valence-corrected chi connectivity index (χ3v) is 4.62. The van der Waals surface area contributed by atoms with Gasteiger partial charge in [0.15, 0.2) is 5.17 Å². The minimum atomic E-state index is -0.0766. The lowest BCUT2D eigenvalue weighted by Gasteiger charge is -2.15. The summed E-state index contributed by atoms with van der Waals surface area (Å²) in [5.74, 6) is 0.670. The van der Waals surface area contributed by atoms with Gasteiger partial charge in [-0.1, -0.05) is 41.6 Å². The molecule has 0 saturated carbocycles. The second-order valence-electron chi connectivity index (χ2n) is 5.92. The standard InChI is InChI=1S/C19H20N4OS/c1-12-4-9-17(13(2)10-12)21-19-23-22-18(11-25-19)15-5-7-16(8-6-15)20-14(3)24/h4-10H,11H2,1-3H3,(H,20,24)(H,21,23). The van der Waals surface area contributed by atoms with Gasteiger partial charge in [-0.25, -0.2) is 4.99 Å². The fourth-order valence-corrected chi connectivity index (χ4v) is 3.29. The van der Waals surface area contributed by atoms with Crippen molar-refractivity contribution >= 4 is 39.9 Å². The molecule has 1 amide bonds. The Balaban J connectivity index is 1.71. The van der Waals surface area contributed by atoms with Gasteiger partial charge in [-0.2, -0.15) is 5.10 Å². The van der Waals surface area contributed by atoms with Crippen LogP contribution in [0.4, 0.5) is 11.4 Å². The van der Waals surface area contributed by atoms with Crippen LogP contribution < -0.4 is 10.7 Å². The van der Waals surface area contributed by atoms with Crippen LogP contribution in [0.25, 0.3) is 0 Å². The smallest absolute Gasteiger partial charge is 0.221 e. The van der Waals surface area contributed by atoms with Crippen molar-refractivity contribution in [3.05, 3.63) is 59.2 Å². The molecule has 128 valence electrons. The van der Waals surface area contributed by atoms with Gasteiger partial charge in [-0.3, -0.25) is 10.2 Å². The van der Waals surface area contributed by atoms with Gasteiger partial charge in [-0.15, -0.1) is 0 Å². The number of amidine groups is 1. The van der Waals surface area contributed by atoms with E-state index in [4.69, 9.17) is 0 Å². The average molecular weight is 352 g/mol. The molecule has 2 N–H and O–H groups in total. The Labute approximate surface area is 151 Å². The predicted octanol–water partition coefficient (Wildman–Crippen LogP) is 3.99. The highest BCUT2D eigenvalue weighted by molar-refractivity contribution is 8.14. The first-order valence-electron chi connectivity index (χ1n) is 8.00. The van der Waals surface area contributed by atoms with E-state index in [-0.39, 0.29) is 5.91 Å². The van der Waals surface area contributed by atoms with Crippen LogP contribution in [0.3, 0.4) is 0 Å². The maximum Gasteiger partial charge on any atom is 0.221 e. The van der Waals surface area contributed by atoms with E-state index in [1.165, 1.54) is 12.5 Å². The molecule has 1 aliphatic heterocycles. The van der Waals surface area contributed by atoms with E-state index in [1.807, 2.05) is 30.3 Å². The van der Waals surface area contributed by atoms with E-state index in [2.05, 4.69) is 46.8 Å². The van der Waals surface area contributed by atoms with Crippen molar-refractivity contribution in [2.75, 3.05) is 11.1 Å². The van der Waals surface area contributed by atoms with Crippen molar-refractivity contribution < 1.29 is 4.79 Å². The molecule has 0 aliphatic carbocycles. The summed E-state index contributed by atoms with van der Waals surface area (Å²) in [6.45, 7) is 5.63. The van der Waals surface area contributed by atoms with Crippen molar-refractivity contribution in [1.29, 1.82) is 0 Å². The van der Waals surface area contributed by atoms with Gasteiger partial charge in [0.2, 0.25) is 5.91 Å². The third-order valence-electron chi connectivity index (χ3n) is 3.74. The van der Waals surface area contributed by atoms with Crippen molar-refractivity contribution in [3.63, 3.8) is 0 Å². The molecule has 0 spiro atoms. The van der Waals surface area contributed by atoms with Crippen LogP contribution >= 0.6 is 11.8 Å². The topological polar surface area (TPSA) is 65.8 Å². The van der Waals surface area contributed by atoms with E-state index >= 15 is 0 Å². The Morgan fingerprint density at radius 3 is 2.56 bits per heavy atom. The zero-order chi connectivity index (χ0) is 17.8. The Morgan fingerprint density at radius 1 is 1.20 bits per heavy atom. The van der Waals surface area contributed by atoms with Crippen molar-refractivity contribution in [2.24, 2.45) is 10.1 Å². The molecule has 2 aromatic rings. The number of hydrogen-bond donors (Lipinski definition) is 2. The van der Waals surface area contributed by atoms with Crippen LogP contribution in [-0.4, -0.2) is 22.5 Å². The molecule has 0 bridgehead atoms. The minimum absolute atomic E-state index is 0.0766. The second kappa shape index (κ2) is 7.53. The minimum Gasteiger partial charge on any atom is -0.326 e. The maximum absolute atomic E-state index is 11.1. The Morgan fingerprint density at radius 2 is 1.96 bits per heavy atom. The van der Waals surface area contributed by atoms with E-state index in [9.17, 15) is 4.79 Å². The van der Waals surface area contributed by atoms with Gasteiger partial charge in [-0.05, 0) is 43.2 Å². The van der Waals surface area contributed by atoms with E-state index in [0.717, 1.165) is 39.1 Å². The molecule has 0 radical (unpaired) electrons. The molecular weight excluding hydrogens is 332 g/mol. The molecule has 3 rings (SSSR count). The van der Waals surface area contributed by atoms with Gasteiger partial charge >= 0.3 is 0 Å². The Hall–Kier alpha value is -2.60. The second-order valence-corrected chi connectivity index (χ2v) is 6.89. The highest BCUT2D eigenvalue weighted by atomic mass is 32.2. The number of carbonyl (C=O) groups excluding carboxylic acids is 1. The molecule has 6 heteroatoms. The number of carbonyl (C=O) groups is 1. The van der Waals surface area contributed by atoms with Crippen LogP contribution in [0.1, 0.15) is 23.6 Å². The number of hydrogen-bond acceptors (Lipinski definition) is 4. The number of hydrazone groups is 1. The summed E-state index contributed by atoms with van der Waals surface area (Å²) < 4.78 is 0. The van der Waals surface area contributed by atoms with Gasteiger partial charge in [0.05, 0.1) is 11.4 Å². The van der Waals surface area contributed by atoms with Gasteiger partial charge in [0.25, 0.3) is 0 Å². The quantitative estimate of drug-likeness (QED) is 0.878. The van der Waals surface area contributed by atoms with Gasteiger partial charge in [0.1, 0.15) is 0 Å². The molecule has 2 aromatic carbocycles. The zero-order valence-electron chi connectivity index (χ0n) is 14.5. The number of nitrogens with zero attached hydrogens (tertiary/aromatic N) is 2. The first kappa shape index (κ1) is 17.2. The predicted molar refractivity (Wildman–Crippen MR) is 106 cm³/mol. The molecule has 0 aromatic heterocycles. The molecule has 0 atom stereocenters. The largest absolute Gasteiger partial charge is 0.326 e. The van der Waals surface area contributed by atoms with Crippen molar-refractivity contribution in [3.8, 4) is 0 Å². The fraction of sp³-hybridized carbons (Fsp3) is 0.211. The van der Waals surface area contributed by atoms with Gasteiger partial charge < -0.3 is 5.32 Å². The number of aliphatic imine (C=N–C) groups is 1. The van der Waals surface area contributed by atoms with Gasteiger partial charge in [0, 0.05) is 18.4 Å². The normalized spacial score (nSPS) is 15.5. The van der Waals surface area contributed by atoms with Crippen LogP contribution in [-0.2, 0) is 4.79 Å². The Bertz CT molecular complexity index is 856. The zero-order valence-corrected chi connectivity index (χ0v) is 15.3. The maximum atomic E-state index is 11.1. The SMILES string of the molecule is CC(=O)Nc1ccc(C2=NNC(=Nc3ccc(C)cc3C)SC2)cc1. The summed E-state index contributed by atoms with van der Waals surface area (Å²) in [6, 6.07) is 13.9. The molecule has 0 saturated heterocycles. The number of amides is 1. The van der Waals surface area contributed by atoms with Crippen LogP contribution in [0.15, 0.2) is 52.6 Å². The highest BCUT2D eigenvalue weighted by Crippen LogP contribution is 2.23. The number of nitrogens with one attached hydrogen (secondary N) is 2. The molecule has 0 unspecified atom stereocenters. The monoisotopic (exact) mass is 352 g/mol. The number of thioether (sulfide) groups is 1. The summed E-state index contributed by atoms with van der Waals surface area (Å²) in [5.41, 5.74) is 9.14. The summed E-state index contributed by atoms with van der Waals surface area (Å²) in [5, 5.41) is 8.00. The third kappa shape index (κ3) is 4.48. The molecule has 1 heterocycles. The number of anilines is 1. The lowest BCUT2D eigenvalue weighted by molar-refractivity contribution is -0.114. The lowest BCUT2D eigenvalue weighted by Crippen LogP contribution is -2.25. The number of rotatable bonds is 3. The van der Waals surface area contributed by atoms with E-state index < -0.39 is 0 Å². The molecule has 1 aliphatic rings. The van der Waals surface area contributed by atoms with Crippen LogP contribution in [0.2, 0.25) is 0 Å². The van der Waals surface area contributed by atoms with E-state index in [0.29, 0.717) is 0 Å². The first-order valence-corrected chi connectivity index (χ1v) is 8.99. The van der Waals surface area contributed by atoms with Crippen LogP contribution in [0.5, 0.6) is 0 Å². The summed E-state index contributed by atoms with van der Waals surface area (Å²) in [6.07, 6.45) is 0. The number of benzene rings is 2. The number of aryl methyl sites for hydroxylation is 2. The Kier molecular flexibility index (Phi) is 5.19. The lowest BCUT2D eigenvalue weighted by atomic mass is 10.1. The molecule has 5 nitrogen and oxygen atoms in total. The average Bonchev–Trinajstić information content (AvgIpc) is 2.58. The fourth-order valence-electron chi connectivity index (χ4n) is 2.51. The van der Waals surface area contributed by atoms with Crippen molar-refractivity contribution in [2.45, 2.75) is 20.8 Å². The molecule has 0 fully saturated rings. The van der Waals surface area contributed by atoms with E-state index in [1.54, 1.807) is 11.8 Å². The summed E-state index contributed by atoms with van der Waals surface area (Å²) in [7, 11) is 0. The van der Waals surface area contributed by atoms with Crippen molar-refractivity contribution in [1.82, 2.24) is 5.43 Å². The first-order chi connectivity index (χ1) is 12.0. The highest BCUT2D eigenvalue weighted by Gasteiger charge is 2.13. The molecule has 25 heavy (non-hydrogen) atoms.